The summed E-state index contributed by atoms with van der Waals surface area (Å²) in [4.78, 5) is 0. The molecule has 1 N–H and O–H groups in total. The molecule has 4 saturated carbocycles. The lowest BCUT2D eigenvalue weighted by Gasteiger charge is -2.59. The molecule has 1 atom stereocenters. The minimum atomic E-state index is 0.537. The molecular formula is C17H31NO2. The quantitative estimate of drug-likeness (QED) is 0.694. The van der Waals surface area contributed by atoms with Crippen LogP contribution in [0.15, 0.2) is 0 Å². The van der Waals surface area contributed by atoms with Crippen LogP contribution in [0.5, 0.6) is 0 Å². The van der Waals surface area contributed by atoms with Gasteiger partial charge >= 0.3 is 0 Å². The highest BCUT2D eigenvalue weighted by molar-refractivity contribution is 5.05. The normalized spacial score (nSPS) is 40.2. The number of nitrogens with one attached hydrogen (secondary N) is 1. The van der Waals surface area contributed by atoms with Gasteiger partial charge in [0.15, 0.2) is 0 Å². The molecular weight excluding hydrogens is 250 g/mol. The van der Waals surface area contributed by atoms with E-state index in [2.05, 4.69) is 12.4 Å². The molecule has 4 rings (SSSR count). The fourth-order valence-corrected chi connectivity index (χ4v) is 5.63. The molecule has 0 aromatic carbocycles. The maximum Gasteiger partial charge on any atom is 0.0701 e. The van der Waals surface area contributed by atoms with Gasteiger partial charge in [0, 0.05) is 12.6 Å². The number of ether oxygens (including phenoxy) is 2. The Morgan fingerprint density at radius 2 is 1.55 bits per heavy atom. The van der Waals surface area contributed by atoms with E-state index in [4.69, 9.17) is 9.47 Å². The molecule has 0 radical (unpaired) electrons. The Bertz CT molecular complexity index is 283. The molecule has 3 nitrogen and oxygen atoms in total. The Balaban J connectivity index is 1.55. The van der Waals surface area contributed by atoms with Crippen molar-refractivity contribution in [1.82, 2.24) is 5.32 Å². The van der Waals surface area contributed by atoms with Gasteiger partial charge in [-0.15, -0.1) is 0 Å². The first kappa shape index (κ1) is 14.8. The number of hydrogen-bond acceptors (Lipinski definition) is 3. The third kappa shape index (κ3) is 2.90. The second-order valence-corrected chi connectivity index (χ2v) is 7.39. The third-order valence-electron chi connectivity index (χ3n) is 6.03. The van der Waals surface area contributed by atoms with Crippen LogP contribution in [0.2, 0.25) is 0 Å². The van der Waals surface area contributed by atoms with Gasteiger partial charge in [0.25, 0.3) is 0 Å². The zero-order valence-corrected chi connectivity index (χ0v) is 13.2. The largest absolute Gasteiger partial charge is 0.379 e. The summed E-state index contributed by atoms with van der Waals surface area (Å²) >= 11 is 0. The fourth-order valence-electron chi connectivity index (χ4n) is 5.63. The van der Waals surface area contributed by atoms with Crippen LogP contribution >= 0.6 is 0 Å². The fraction of sp³-hybridized carbons (Fsp3) is 1.00. The van der Waals surface area contributed by atoms with E-state index in [1.165, 1.54) is 38.5 Å². The standard InChI is InChI=1S/C17H31NO2/c1-3-19-4-5-20-12-16(18-2)17-9-13-6-14(10-17)8-15(7-13)11-17/h13-16,18H,3-12H2,1-2H3. The summed E-state index contributed by atoms with van der Waals surface area (Å²) in [6.07, 6.45) is 8.88. The highest BCUT2D eigenvalue weighted by Gasteiger charge is 2.53. The minimum Gasteiger partial charge on any atom is -0.379 e. The summed E-state index contributed by atoms with van der Waals surface area (Å²) in [7, 11) is 2.12. The van der Waals surface area contributed by atoms with E-state index < -0.39 is 0 Å². The monoisotopic (exact) mass is 281 g/mol. The van der Waals surface area contributed by atoms with E-state index >= 15 is 0 Å². The van der Waals surface area contributed by atoms with Crippen LogP contribution in [0, 0.1) is 23.2 Å². The van der Waals surface area contributed by atoms with Gasteiger partial charge in [-0.2, -0.15) is 0 Å². The van der Waals surface area contributed by atoms with Crippen LogP contribution in [0.3, 0.4) is 0 Å². The topological polar surface area (TPSA) is 30.5 Å². The lowest BCUT2D eigenvalue weighted by Crippen LogP contribution is -2.56. The molecule has 20 heavy (non-hydrogen) atoms. The summed E-state index contributed by atoms with van der Waals surface area (Å²) in [6.45, 7) is 5.14. The number of rotatable bonds is 8. The molecule has 4 aliphatic rings. The highest BCUT2D eigenvalue weighted by atomic mass is 16.5. The SMILES string of the molecule is CCOCCOCC(NC)C12CC3CC(CC(C3)C1)C2. The molecule has 0 heterocycles. The van der Waals surface area contributed by atoms with Crippen LogP contribution in [0.1, 0.15) is 45.4 Å². The molecule has 1 unspecified atom stereocenters. The Labute approximate surface area is 123 Å². The summed E-state index contributed by atoms with van der Waals surface area (Å²) in [5.41, 5.74) is 0.537. The van der Waals surface area contributed by atoms with Gasteiger partial charge in [-0.3, -0.25) is 0 Å². The molecule has 0 aliphatic heterocycles. The lowest BCUT2D eigenvalue weighted by molar-refractivity contribution is -0.0894. The first-order chi connectivity index (χ1) is 9.75. The molecule has 0 saturated heterocycles. The van der Waals surface area contributed by atoms with E-state index in [0.717, 1.165) is 44.2 Å². The average Bonchev–Trinajstić information content (AvgIpc) is 2.41. The predicted octanol–water partition coefficient (Wildman–Crippen LogP) is 2.84. The van der Waals surface area contributed by atoms with Crippen molar-refractivity contribution in [1.29, 1.82) is 0 Å². The smallest absolute Gasteiger partial charge is 0.0701 e. The first-order valence-corrected chi connectivity index (χ1v) is 8.58. The molecule has 0 spiro atoms. The molecule has 3 heteroatoms. The van der Waals surface area contributed by atoms with Gasteiger partial charge in [0.05, 0.1) is 19.8 Å². The predicted molar refractivity (Wildman–Crippen MR) is 80.8 cm³/mol. The van der Waals surface area contributed by atoms with Crippen molar-refractivity contribution in [2.45, 2.75) is 51.5 Å². The van der Waals surface area contributed by atoms with Gasteiger partial charge in [0.1, 0.15) is 0 Å². The molecule has 0 amide bonds. The Morgan fingerprint density at radius 1 is 1.00 bits per heavy atom. The Hall–Kier alpha value is -0.120. The summed E-state index contributed by atoms with van der Waals surface area (Å²) in [5, 5.41) is 3.58. The van der Waals surface area contributed by atoms with Crippen LogP contribution < -0.4 is 5.32 Å². The maximum atomic E-state index is 5.89. The van der Waals surface area contributed by atoms with E-state index in [0.29, 0.717) is 11.5 Å². The van der Waals surface area contributed by atoms with Crippen LogP contribution in [0.4, 0.5) is 0 Å². The van der Waals surface area contributed by atoms with Gasteiger partial charge < -0.3 is 14.8 Å². The maximum absolute atomic E-state index is 5.89. The number of likely N-dealkylation sites (N-methyl/N-ethyl adjacent to an activating group) is 1. The molecule has 4 fully saturated rings. The van der Waals surface area contributed by atoms with Crippen molar-refractivity contribution in [2.24, 2.45) is 23.2 Å². The van der Waals surface area contributed by atoms with Crippen LogP contribution in [-0.2, 0) is 9.47 Å². The van der Waals surface area contributed by atoms with Crippen molar-refractivity contribution >= 4 is 0 Å². The summed E-state index contributed by atoms with van der Waals surface area (Å²) in [6, 6.07) is 0.539. The zero-order chi connectivity index (χ0) is 14.0. The Kier molecular flexibility index (Phi) is 4.68. The van der Waals surface area contributed by atoms with E-state index in [9.17, 15) is 0 Å². The third-order valence-corrected chi connectivity index (χ3v) is 6.03. The van der Waals surface area contributed by atoms with Crippen molar-refractivity contribution in [3.05, 3.63) is 0 Å². The average molecular weight is 281 g/mol. The van der Waals surface area contributed by atoms with E-state index in [-0.39, 0.29) is 0 Å². The second-order valence-electron chi connectivity index (χ2n) is 7.39. The van der Waals surface area contributed by atoms with Gasteiger partial charge in [0.2, 0.25) is 0 Å². The van der Waals surface area contributed by atoms with Gasteiger partial charge in [-0.25, -0.2) is 0 Å². The highest BCUT2D eigenvalue weighted by Crippen LogP contribution is 2.61. The minimum absolute atomic E-state index is 0.537. The number of hydrogen-bond donors (Lipinski definition) is 1. The van der Waals surface area contributed by atoms with Crippen molar-refractivity contribution in [2.75, 3.05) is 33.5 Å². The van der Waals surface area contributed by atoms with Crippen molar-refractivity contribution < 1.29 is 9.47 Å². The van der Waals surface area contributed by atoms with Crippen LogP contribution in [0.25, 0.3) is 0 Å². The lowest BCUT2D eigenvalue weighted by atomic mass is 9.48. The van der Waals surface area contributed by atoms with Crippen molar-refractivity contribution in [3.63, 3.8) is 0 Å². The van der Waals surface area contributed by atoms with E-state index in [1.807, 2.05) is 6.92 Å². The summed E-state index contributed by atoms with van der Waals surface area (Å²) < 4.78 is 11.2. The Morgan fingerprint density at radius 3 is 2.05 bits per heavy atom. The van der Waals surface area contributed by atoms with Crippen LogP contribution in [-0.4, -0.2) is 39.5 Å². The van der Waals surface area contributed by atoms with E-state index in [1.54, 1.807) is 0 Å². The van der Waals surface area contributed by atoms with Gasteiger partial charge in [-0.05, 0) is 75.7 Å². The molecule has 4 bridgehead atoms. The second kappa shape index (κ2) is 6.33. The molecule has 0 aromatic heterocycles. The van der Waals surface area contributed by atoms with Gasteiger partial charge in [-0.1, -0.05) is 0 Å². The molecule has 4 aliphatic carbocycles. The zero-order valence-electron chi connectivity index (χ0n) is 13.2. The molecule has 116 valence electrons. The first-order valence-electron chi connectivity index (χ1n) is 8.58. The molecule has 0 aromatic rings. The van der Waals surface area contributed by atoms with Crippen molar-refractivity contribution in [3.8, 4) is 0 Å². The summed E-state index contributed by atoms with van der Waals surface area (Å²) in [5.74, 6) is 3.04.